The maximum Gasteiger partial charge on any atom is 0.306 e. The van der Waals surface area contributed by atoms with E-state index in [-0.39, 0.29) is 5.97 Å². The Bertz CT molecular complexity index is 197. The van der Waals surface area contributed by atoms with E-state index >= 15 is 0 Å². The molecule has 0 unspecified atom stereocenters. The van der Waals surface area contributed by atoms with Crippen LogP contribution in [0.3, 0.4) is 0 Å². The molecule has 0 atom stereocenters. The molecule has 3 heteroatoms. The average molecular weight is 214 g/mol. The molecule has 0 spiro atoms. The van der Waals surface area contributed by atoms with Crippen LogP contribution in [0.4, 0.5) is 0 Å². The molecule has 0 aromatic rings. The predicted molar refractivity (Wildman–Crippen MR) is 58.3 cm³/mol. The van der Waals surface area contributed by atoms with Crippen LogP contribution in [0, 0.1) is 11.8 Å². The number of carbonyl (C=O) groups is 1. The third kappa shape index (κ3) is 2.91. The number of hydrogen-bond acceptors (Lipinski definition) is 3. The summed E-state index contributed by atoms with van der Waals surface area (Å²) in [5, 5.41) is 0.861. The molecule has 2 nitrogen and oxygen atoms in total. The standard InChI is InChI=1S/C11H18O2S/c1-13-10(12)6-7-14-11(8-2-3-8)9-4-5-9/h8-9,11H,2-7H2,1H3. The van der Waals surface area contributed by atoms with E-state index in [0.29, 0.717) is 6.42 Å². The highest BCUT2D eigenvalue weighted by Crippen LogP contribution is 2.50. The quantitative estimate of drug-likeness (QED) is 0.635. The molecule has 0 amide bonds. The molecule has 0 bridgehead atoms. The van der Waals surface area contributed by atoms with Gasteiger partial charge in [-0.1, -0.05) is 0 Å². The lowest BCUT2D eigenvalue weighted by Crippen LogP contribution is -2.10. The minimum Gasteiger partial charge on any atom is -0.469 e. The Labute approximate surface area is 89.8 Å². The van der Waals surface area contributed by atoms with Gasteiger partial charge in [-0.05, 0) is 37.5 Å². The first-order valence-electron chi connectivity index (χ1n) is 5.49. The second kappa shape index (κ2) is 4.56. The smallest absolute Gasteiger partial charge is 0.306 e. The third-order valence-electron chi connectivity index (χ3n) is 3.02. The molecule has 2 fully saturated rings. The van der Waals surface area contributed by atoms with E-state index in [4.69, 9.17) is 0 Å². The topological polar surface area (TPSA) is 26.3 Å². The van der Waals surface area contributed by atoms with Crippen molar-refractivity contribution in [2.75, 3.05) is 12.9 Å². The zero-order chi connectivity index (χ0) is 9.97. The summed E-state index contributed by atoms with van der Waals surface area (Å²) in [6, 6.07) is 0. The molecular formula is C11H18O2S. The van der Waals surface area contributed by atoms with Crippen LogP contribution in [0.1, 0.15) is 32.1 Å². The van der Waals surface area contributed by atoms with Crippen LogP contribution in [0.15, 0.2) is 0 Å². The van der Waals surface area contributed by atoms with Gasteiger partial charge in [0.1, 0.15) is 0 Å². The number of methoxy groups -OCH3 is 1. The summed E-state index contributed by atoms with van der Waals surface area (Å²) in [5.74, 6) is 2.84. The van der Waals surface area contributed by atoms with Crippen molar-refractivity contribution in [2.24, 2.45) is 11.8 Å². The summed E-state index contributed by atoms with van der Waals surface area (Å²) in [6.07, 6.45) is 6.27. The number of carbonyl (C=O) groups excluding carboxylic acids is 1. The van der Waals surface area contributed by atoms with E-state index in [1.165, 1.54) is 32.8 Å². The second-order valence-corrected chi connectivity index (χ2v) is 5.62. The lowest BCUT2D eigenvalue weighted by Gasteiger charge is -2.13. The van der Waals surface area contributed by atoms with E-state index in [1.807, 2.05) is 11.8 Å². The largest absolute Gasteiger partial charge is 0.469 e. The fourth-order valence-electron chi connectivity index (χ4n) is 1.89. The van der Waals surface area contributed by atoms with Gasteiger partial charge in [-0.3, -0.25) is 4.79 Å². The fraction of sp³-hybridized carbons (Fsp3) is 0.909. The van der Waals surface area contributed by atoms with Crippen molar-refractivity contribution in [3.8, 4) is 0 Å². The monoisotopic (exact) mass is 214 g/mol. The molecule has 0 aromatic heterocycles. The van der Waals surface area contributed by atoms with Gasteiger partial charge in [0, 0.05) is 11.0 Å². The van der Waals surface area contributed by atoms with Gasteiger partial charge in [0.2, 0.25) is 0 Å². The van der Waals surface area contributed by atoms with Gasteiger partial charge in [-0.15, -0.1) is 0 Å². The Hall–Kier alpha value is -0.180. The van der Waals surface area contributed by atoms with Crippen molar-refractivity contribution >= 4 is 17.7 Å². The zero-order valence-corrected chi connectivity index (χ0v) is 9.52. The summed E-state index contributed by atoms with van der Waals surface area (Å²) in [6.45, 7) is 0. The van der Waals surface area contributed by atoms with Gasteiger partial charge < -0.3 is 4.74 Å². The Morgan fingerprint density at radius 2 is 1.93 bits per heavy atom. The Morgan fingerprint density at radius 3 is 2.36 bits per heavy atom. The highest BCUT2D eigenvalue weighted by Gasteiger charge is 2.41. The molecule has 2 aliphatic carbocycles. The molecule has 80 valence electrons. The minimum absolute atomic E-state index is 0.0668. The van der Waals surface area contributed by atoms with E-state index < -0.39 is 0 Å². The maximum atomic E-state index is 10.9. The zero-order valence-electron chi connectivity index (χ0n) is 8.70. The number of hydrogen-bond donors (Lipinski definition) is 0. The first-order chi connectivity index (χ1) is 6.81. The summed E-state index contributed by atoms with van der Waals surface area (Å²) < 4.78 is 4.63. The number of ether oxygens (including phenoxy) is 1. The van der Waals surface area contributed by atoms with Crippen molar-refractivity contribution in [1.29, 1.82) is 0 Å². The second-order valence-electron chi connectivity index (χ2n) is 4.34. The van der Waals surface area contributed by atoms with Crippen molar-refractivity contribution in [3.05, 3.63) is 0 Å². The number of rotatable bonds is 6. The lowest BCUT2D eigenvalue weighted by molar-refractivity contribution is -0.140. The van der Waals surface area contributed by atoms with Crippen molar-refractivity contribution < 1.29 is 9.53 Å². The van der Waals surface area contributed by atoms with E-state index in [1.54, 1.807) is 0 Å². The van der Waals surface area contributed by atoms with Crippen LogP contribution in [-0.2, 0) is 9.53 Å². The Morgan fingerprint density at radius 1 is 1.36 bits per heavy atom. The SMILES string of the molecule is COC(=O)CCSC(C1CC1)C1CC1. The van der Waals surface area contributed by atoms with E-state index in [0.717, 1.165) is 22.8 Å². The van der Waals surface area contributed by atoms with Crippen molar-refractivity contribution in [3.63, 3.8) is 0 Å². The summed E-state index contributed by atoms with van der Waals surface area (Å²) in [4.78, 5) is 10.9. The molecule has 2 aliphatic rings. The number of thioether (sulfide) groups is 1. The normalized spacial score (nSPS) is 21.3. The Balaban J connectivity index is 1.64. The van der Waals surface area contributed by atoms with Gasteiger partial charge in [0.15, 0.2) is 0 Å². The molecule has 0 heterocycles. The molecule has 0 saturated heterocycles. The first-order valence-corrected chi connectivity index (χ1v) is 6.54. The molecule has 0 aliphatic heterocycles. The van der Waals surface area contributed by atoms with Crippen LogP contribution < -0.4 is 0 Å². The predicted octanol–water partition coefficient (Wildman–Crippen LogP) is 2.47. The summed E-state index contributed by atoms with van der Waals surface area (Å²) >= 11 is 2.01. The molecule has 0 aromatic carbocycles. The lowest BCUT2D eigenvalue weighted by atomic mass is 10.2. The summed E-state index contributed by atoms with van der Waals surface area (Å²) in [5.41, 5.74) is 0. The van der Waals surface area contributed by atoms with Crippen LogP contribution in [-0.4, -0.2) is 24.1 Å². The Kier molecular flexibility index (Phi) is 3.37. The number of esters is 1. The molecule has 2 saturated carbocycles. The molecule has 0 radical (unpaired) electrons. The van der Waals surface area contributed by atoms with Crippen LogP contribution in [0.25, 0.3) is 0 Å². The minimum atomic E-state index is -0.0668. The molecule has 0 N–H and O–H groups in total. The van der Waals surface area contributed by atoms with Gasteiger partial charge in [0.25, 0.3) is 0 Å². The van der Waals surface area contributed by atoms with Gasteiger partial charge in [-0.2, -0.15) is 11.8 Å². The summed E-state index contributed by atoms with van der Waals surface area (Å²) in [7, 11) is 1.46. The average Bonchev–Trinajstić information content (AvgIpc) is 3.03. The van der Waals surface area contributed by atoms with Gasteiger partial charge >= 0.3 is 5.97 Å². The highest BCUT2D eigenvalue weighted by atomic mass is 32.2. The van der Waals surface area contributed by atoms with Crippen LogP contribution >= 0.6 is 11.8 Å². The highest BCUT2D eigenvalue weighted by molar-refractivity contribution is 7.99. The maximum absolute atomic E-state index is 10.9. The molecule has 14 heavy (non-hydrogen) atoms. The van der Waals surface area contributed by atoms with Crippen molar-refractivity contribution in [1.82, 2.24) is 0 Å². The van der Waals surface area contributed by atoms with E-state index in [9.17, 15) is 4.79 Å². The van der Waals surface area contributed by atoms with Gasteiger partial charge in [0.05, 0.1) is 13.5 Å². The van der Waals surface area contributed by atoms with Crippen molar-refractivity contribution in [2.45, 2.75) is 37.4 Å². The van der Waals surface area contributed by atoms with Gasteiger partial charge in [-0.25, -0.2) is 0 Å². The third-order valence-corrected chi connectivity index (χ3v) is 4.61. The molecular weight excluding hydrogens is 196 g/mol. The first kappa shape index (κ1) is 10.3. The van der Waals surface area contributed by atoms with Crippen LogP contribution in [0.2, 0.25) is 0 Å². The van der Waals surface area contributed by atoms with Crippen LogP contribution in [0.5, 0.6) is 0 Å². The molecule has 2 rings (SSSR count). The fourth-order valence-corrected chi connectivity index (χ4v) is 3.53. The van der Waals surface area contributed by atoms with E-state index in [2.05, 4.69) is 4.74 Å².